The Hall–Kier alpha value is -3.68. The fraction of sp³-hybridized carbons (Fsp3) is 0.158. The van der Waals surface area contributed by atoms with E-state index in [2.05, 4.69) is 10.3 Å². The van der Waals surface area contributed by atoms with Gasteiger partial charge in [-0.1, -0.05) is 18.2 Å². The zero-order chi connectivity index (χ0) is 19.4. The van der Waals surface area contributed by atoms with Crippen LogP contribution in [0.25, 0.3) is 16.7 Å². The number of ether oxygens (including phenoxy) is 1. The lowest BCUT2D eigenvalue weighted by molar-refractivity contribution is -0.123. The minimum absolute atomic E-state index is 0.271. The molecule has 3 amide bonds. The van der Waals surface area contributed by atoms with Gasteiger partial charge in [0.1, 0.15) is 5.82 Å². The van der Waals surface area contributed by atoms with Gasteiger partial charge in [0, 0.05) is 12.7 Å². The highest BCUT2D eigenvalue weighted by Gasteiger charge is 2.15. The molecule has 138 valence electrons. The van der Waals surface area contributed by atoms with Gasteiger partial charge in [0.2, 0.25) is 0 Å². The van der Waals surface area contributed by atoms with Gasteiger partial charge >= 0.3 is 12.0 Å². The molecule has 8 heteroatoms. The molecule has 0 aliphatic rings. The first-order valence-electron chi connectivity index (χ1n) is 8.23. The average Bonchev–Trinajstić information content (AvgIpc) is 3.01. The molecule has 0 aliphatic heterocycles. The second kappa shape index (κ2) is 7.69. The van der Waals surface area contributed by atoms with E-state index in [1.807, 2.05) is 47.1 Å². The molecule has 0 saturated heterocycles. The van der Waals surface area contributed by atoms with Crippen LogP contribution in [-0.2, 0) is 9.53 Å². The third kappa shape index (κ3) is 3.95. The van der Waals surface area contributed by atoms with Crippen molar-refractivity contribution < 1.29 is 19.1 Å². The van der Waals surface area contributed by atoms with E-state index < -0.39 is 24.5 Å². The first-order chi connectivity index (χ1) is 13.0. The molecule has 0 radical (unpaired) electrons. The fourth-order valence-electron chi connectivity index (χ4n) is 2.67. The Morgan fingerprint density at radius 2 is 1.85 bits per heavy atom. The van der Waals surface area contributed by atoms with Crippen molar-refractivity contribution in [1.82, 2.24) is 20.2 Å². The fourth-order valence-corrected chi connectivity index (χ4v) is 2.67. The van der Waals surface area contributed by atoms with Crippen molar-refractivity contribution in [1.29, 1.82) is 0 Å². The quantitative estimate of drug-likeness (QED) is 0.687. The molecule has 3 rings (SSSR count). The van der Waals surface area contributed by atoms with Crippen molar-refractivity contribution in [2.24, 2.45) is 0 Å². The zero-order valence-corrected chi connectivity index (χ0v) is 14.9. The Kier molecular flexibility index (Phi) is 5.16. The van der Waals surface area contributed by atoms with Crippen LogP contribution in [0.1, 0.15) is 16.2 Å². The Balaban J connectivity index is 1.78. The van der Waals surface area contributed by atoms with Gasteiger partial charge in [0.15, 0.2) is 6.61 Å². The monoisotopic (exact) mass is 366 g/mol. The SMILES string of the molecule is CNC(=O)NC(=O)COC(=O)c1ccc2c(c1)nc(C)n2-c1ccccc1. The predicted molar refractivity (Wildman–Crippen MR) is 98.7 cm³/mol. The third-order valence-corrected chi connectivity index (χ3v) is 3.89. The van der Waals surface area contributed by atoms with Crippen LogP contribution in [-0.4, -0.2) is 41.1 Å². The predicted octanol–water partition coefficient (Wildman–Crippen LogP) is 1.95. The van der Waals surface area contributed by atoms with Crippen molar-refractivity contribution >= 4 is 28.9 Å². The van der Waals surface area contributed by atoms with E-state index in [1.165, 1.54) is 7.05 Å². The number of amides is 3. The number of benzene rings is 2. The van der Waals surface area contributed by atoms with Crippen molar-refractivity contribution in [3.63, 3.8) is 0 Å². The second-order valence-electron chi connectivity index (χ2n) is 5.74. The van der Waals surface area contributed by atoms with Crippen LogP contribution in [0.3, 0.4) is 0 Å². The first-order valence-corrected chi connectivity index (χ1v) is 8.23. The summed E-state index contributed by atoms with van der Waals surface area (Å²) in [6.45, 7) is 1.33. The van der Waals surface area contributed by atoms with Gasteiger partial charge in [-0.25, -0.2) is 14.6 Å². The summed E-state index contributed by atoms with van der Waals surface area (Å²) in [7, 11) is 1.38. The number of carbonyl (C=O) groups is 3. The van der Waals surface area contributed by atoms with Gasteiger partial charge in [0.25, 0.3) is 5.91 Å². The number of urea groups is 1. The highest BCUT2D eigenvalue weighted by molar-refractivity contribution is 5.98. The molecule has 1 heterocycles. The topological polar surface area (TPSA) is 102 Å². The average molecular weight is 366 g/mol. The van der Waals surface area contributed by atoms with Crippen molar-refractivity contribution in [3.05, 3.63) is 59.9 Å². The van der Waals surface area contributed by atoms with Crippen LogP contribution in [0.4, 0.5) is 4.79 Å². The standard InChI is InChI=1S/C19H18N4O4/c1-12-21-15-10-13(18(25)27-11-17(24)22-19(26)20-2)8-9-16(15)23(12)14-6-4-3-5-7-14/h3-10H,11H2,1-2H3,(H2,20,22,24,26). The number of rotatable bonds is 4. The van der Waals surface area contributed by atoms with Crippen LogP contribution >= 0.6 is 0 Å². The number of imidazole rings is 1. The van der Waals surface area contributed by atoms with Crippen LogP contribution in [0.2, 0.25) is 0 Å². The number of hydrogen-bond acceptors (Lipinski definition) is 5. The summed E-state index contributed by atoms with van der Waals surface area (Å²) in [5, 5.41) is 4.25. The summed E-state index contributed by atoms with van der Waals surface area (Å²) in [6.07, 6.45) is 0. The van der Waals surface area contributed by atoms with Crippen LogP contribution in [0, 0.1) is 6.92 Å². The van der Waals surface area contributed by atoms with E-state index in [0.717, 1.165) is 17.0 Å². The summed E-state index contributed by atoms with van der Waals surface area (Å²) in [5.41, 5.74) is 2.74. The number of esters is 1. The molecular formula is C19H18N4O4. The highest BCUT2D eigenvalue weighted by Crippen LogP contribution is 2.22. The van der Waals surface area contributed by atoms with Crippen molar-refractivity contribution in [2.75, 3.05) is 13.7 Å². The summed E-state index contributed by atoms with van der Waals surface area (Å²) < 4.78 is 6.93. The van der Waals surface area contributed by atoms with Crippen LogP contribution in [0.5, 0.6) is 0 Å². The van der Waals surface area contributed by atoms with Gasteiger partial charge < -0.3 is 10.1 Å². The largest absolute Gasteiger partial charge is 0.452 e. The lowest BCUT2D eigenvalue weighted by atomic mass is 10.2. The van der Waals surface area contributed by atoms with E-state index in [0.29, 0.717) is 5.52 Å². The maximum atomic E-state index is 12.2. The molecule has 2 N–H and O–H groups in total. The van der Waals surface area contributed by atoms with E-state index in [1.54, 1.807) is 18.2 Å². The Morgan fingerprint density at radius 1 is 1.11 bits per heavy atom. The molecule has 3 aromatic rings. The molecular weight excluding hydrogens is 348 g/mol. The first kappa shape index (κ1) is 18.1. The highest BCUT2D eigenvalue weighted by atomic mass is 16.5. The molecule has 0 saturated carbocycles. The minimum atomic E-state index is -0.715. The third-order valence-electron chi connectivity index (χ3n) is 3.89. The van der Waals surface area contributed by atoms with Gasteiger partial charge in [-0.2, -0.15) is 0 Å². The second-order valence-corrected chi connectivity index (χ2v) is 5.74. The number of hydrogen-bond donors (Lipinski definition) is 2. The molecule has 27 heavy (non-hydrogen) atoms. The summed E-state index contributed by atoms with van der Waals surface area (Å²) >= 11 is 0. The van der Waals surface area contributed by atoms with E-state index in [4.69, 9.17) is 4.74 Å². The number of fused-ring (bicyclic) bond motifs is 1. The number of aromatic nitrogens is 2. The van der Waals surface area contributed by atoms with E-state index in [9.17, 15) is 14.4 Å². The van der Waals surface area contributed by atoms with Gasteiger partial charge in [-0.15, -0.1) is 0 Å². The molecule has 0 atom stereocenters. The number of nitrogens with zero attached hydrogens (tertiary/aromatic N) is 2. The van der Waals surface area contributed by atoms with E-state index >= 15 is 0 Å². The summed E-state index contributed by atoms with van der Waals surface area (Å²) in [4.78, 5) is 39.2. The molecule has 0 spiro atoms. The zero-order valence-electron chi connectivity index (χ0n) is 14.9. The molecule has 0 aliphatic carbocycles. The van der Waals surface area contributed by atoms with Gasteiger partial charge in [-0.3, -0.25) is 14.7 Å². The van der Waals surface area contributed by atoms with Gasteiger partial charge in [0.05, 0.1) is 16.6 Å². The number of carbonyl (C=O) groups excluding carboxylic acids is 3. The van der Waals surface area contributed by atoms with E-state index in [-0.39, 0.29) is 5.56 Å². The molecule has 0 bridgehead atoms. The minimum Gasteiger partial charge on any atom is -0.452 e. The Morgan fingerprint density at radius 3 is 2.56 bits per heavy atom. The van der Waals surface area contributed by atoms with Crippen molar-refractivity contribution in [3.8, 4) is 5.69 Å². The van der Waals surface area contributed by atoms with Crippen LogP contribution < -0.4 is 10.6 Å². The lowest BCUT2D eigenvalue weighted by Gasteiger charge is -2.07. The van der Waals surface area contributed by atoms with Gasteiger partial charge in [-0.05, 0) is 37.3 Å². The normalized spacial score (nSPS) is 10.4. The molecule has 2 aromatic carbocycles. The molecule has 0 fully saturated rings. The number of nitrogens with one attached hydrogen (secondary N) is 2. The summed E-state index contributed by atoms with van der Waals surface area (Å²) in [6, 6.07) is 14.1. The van der Waals surface area contributed by atoms with Crippen LogP contribution in [0.15, 0.2) is 48.5 Å². The molecule has 8 nitrogen and oxygen atoms in total. The number of aryl methyl sites for hydroxylation is 1. The Labute approximate surface area is 155 Å². The molecule has 0 unspecified atom stereocenters. The number of imide groups is 1. The molecule has 1 aromatic heterocycles. The maximum Gasteiger partial charge on any atom is 0.338 e. The smallest absolute Gasteiger partial charge is 0.338 e. The van der Waals surface area contributed by atoms with Crippen molar-refractivity contribution in [2.45, 2.75) is 6.92 Å². The number of para-hydroxylation sites is 1. The Bertz CT molecular complexity index is 1010. The maximum absolute atomic E-state index is 12.2. The summed E-state index contributed by atoms with van der Waals surface area (Å²) in [5.74, 6) is -0.601. The lowest BCUT2D eigenvalue weighted by Crippen LogP contribution is -2.39.